The third kappa shape index (κ3) is 5.14. The van der Waals surface area contributed by atoms with E-state index in [1.54, 1.807) is 6.21 Å². The molecule has 2 aliphatic heterocycles. The zero-order valence-corrected chi connectivity index (χ0v) is 18.9. The number of aliphatic imine (C=N–C) groups is 2. The van der Waals surface area contributed by atoms with Crippen LogP contribution < -0.4 is 5.73 Å². The molecule has 0 bridgehead atoms. The minimum Gasteiger partial charge on any atom is -0.404 e. The van der Waals surface area contributed by atoms with E-state index in [9.17, 15) is 5.11 Å². The number of aliphatic hydroxyl groups is 1. The van der Waals surface area contributed by atoms with Crippen molar-refractivity contribution in [2.75, 3.05) is 20.3 Å². The molecule has 0 spiro atoms. The van der Waals surface area contributed by atoms with Crippen LogP contribution in [0.15, 0.2) is 57.8 Å². The average Bonchev–Trinajstić information content (AvgIpc) is 3.41. The predicted molar refractivity (Wildman–Crippen MR) is 124 cm³/mol. The summed E-state index contributed by atoms with van der Waals surface area (Å²) >= 11 is 0. The third-order valence-corrected chi connectivity index (χ3v) is 5.66. The number of nitrogens with two attached hydrogens (primary N) is 1. The van der Waals surface area contributed by atoms with Crippen LogP contribution in [0.3, 0.4) is 0 Å². The zero-order chi connectivity index (χ0) is 22.4. The molecule has 1 aromatic heterocycles. The van der Waals surface area contributed by atoms with Crippen molar-refractivity contribution in [3.05, 3.63) is 53.4 Å². The monoisotopic (exact) mass is 426 g/mol. The van der Waals surface area contributed by atoms with Gasteiger partial charge in [0.15, 0.2) is 0 Å². The van der Waals surface area contributed by atoms with Gasteiger partial charge in [0.2, 0.25) is 0 Å². The number of rotatable bonds is 8. The van der Waals surface area contributed by atoms with Crippen LogP contribution in [0.2, 0.25) is 0 Å². The molecule has 0 amide bonds. The lowest BCUT2D eigenvalue weighted by Crippen LogP contribution is -2.25. The minimum absolute atomic E-state index is 0.283. The minimum atomic E-state index is -0.590. The van der Waals surface area contributed by atoms with Crippen molar-refractivity contribution < 1.29 is 9.84 Å². The highest BCUT2D eigenvalue weighted by Crippen LogP contribution is 2.26. The molecule has 0 radical (unpaired) electrons. The molecule has 2 atom stereocenters. The first-order chi connectivity index (χ1) is 15.0. The number of nitrogens with zero attached hydrogens (tertiary/aromatic N) is 5. The molecule has 2 aliphatic rings. The highest BCUT2D eigenvalue weighted by molar-refractivity contribution is 6.13. The fourth-order valence-electron chi connectivity index (χ4n) is 3.78. The summed E-state index contributed by atoms with van der Waals surface area (Å²) in [5.74, 6) is 0. The van der Waals surface area contributed by atoms with Crippen molar-refractivity contribution in [3.63, 3.8) is 0 Å². The largest absolute Gasteiger partial charge is 0.404 e. The van der Waals surface area contributed by atoms with Gasteiger partial charge in [-0.25, -0.2) is 4.99 Å². The second kappa shape index (κ2) is 10.5. The van der Waals surface area contributed by atoms with Crippen LogP contribution in [0.25, 0.3) is 0 Å². The summed E-state index contributed by atoms with van der Waals surface area (Å²) in [5.41, 5.74) is 10.2. The molecule has 1 saturated heterocycles. The Morgan fingerprint density at radius 1 is 1.35 bits per heavy atom. The van der Waals surface area contributed by atoms with Gasteiger partial charge in [0, 0.05) is 43.0 Å². The molecule has 0 aromatic carbocycles. The van der Waals surface area contributed by atoms with Gasteiger partial charge in [0.05, 0.1) is 42.6 Å². The second-order valence-electron chi connectivity index (χ2n) is 7.83. The SMILES string of the molecule is CC/C=C1/C(c2cnn(C(CC)CC)c2)=NC(C(C=N[C@@H]2COC[C@H]2O)=CN)=CN1C. The fraction of sp³-hybridized carbons (Fsp3) is 0.522. The van der Waals surface area contributed by atoms with Gasteiger partial charge in [-0.15, -0.1) is 0 Å². The van der Waals surface area contributed by atoms with Gasteiger partial charge in [-0.3, -0.25) is 9.67 Å². The van der Waals surface area contributed by atoms with Crippen molar-refractivity contribution in [3.8, 4) is 0 Å². The molecule has 3 heterocycles. The first kappa shape index (κ1) is 23.0. The normalized spacial score (nSPS) is 23.9. The van der Waals surface area contributed by atoms with Gasteiger partial charge in [-0.1, -0.05) is 26.8 Å². The lowest BCUT2D eigenvalue weighted by atomic mass is 10.1. The number of hydrogen-bond acceptors (Lipinski definition) is 7. The Hall–Kier alpha value is -2.71. The van der Waals surface area contributed by atoms with Gasteiger partial charge in [0.25, 0.3) is 0 Å². The van der Waals surface area contributed by atoms with E-state index in [1.807, 2.05) is 24.1 Å². The van der Waals surface area contributed by atoms with E-state index in [-0.39, 0.29) is 6.04 Å². The summed E-state index contributed by atoms with van der Waals surface area (Å²) < 4.78 is 7.30. The molecule has 31 heavy (non-hydrogen) atoms. The van der Waals surface area contributed by atoms with E-state index in [0.29, 0.717) is 30.5 Å². The molecule has 8 nitrogen and oxygen atoms in total. The Kier molecular flexibility index (Phi) is 7.81. The topological polar surface area (TPSA) is 101 Å². The molecule has 3 rings (SSSR count). The van der Waals surface area contributed by atoms with E-state index in [2.05, 4.69) is 48.0 Å². The highest BCUT2D eigenvalue weighted by Gasteiger charge is 2.26. The molecule has 8 heteroatoms. The van der Waals surface area contributed by atoms with E-state index >= 15 is 0 Å². The molecule has 0 saturated carbocycles. The Labute approximate surface area is 184 Å². The van der Waals surface area contributed by atoms with Crippen LogP contribution in [0.4, 0.5) is 0 Å². The Balaban J connectivity index is 1.95. The fourth-order valence-corrected chi connectivity index (χ4v) is 3.78. The number of hydrogen-bond donors (Lipinski definition) is 2. The number of aromatic nitrogens is 2. The predicted octanol–water partition coefficient (Wildman–Crippen LogP) is 2.79. The summed E-state index contributed by atoms with van der Waals surface area (Å²) in [5, 5.41) is 14.5. The molecule has 168 valence electrons. The van der Waals surface area contributed by atoms with Gasteiger partial charge in [0.1, 0.15) is 12.1 Å². The highest BCUT2D eigenvalue weighted by atomic mass is 16.5. The number of likely N-dealkylation sites (N-methyl/N-ethyl adjacent to an activating group) is 1. The summed E-state index contributed by atoms with van der Waals surface area (Å²) in [6.07, 6.45) is 13.6. The van der Waals surface area contributed by atoms with Gasteiger partial charge < -0.3 is 20.5 Å². The van der Waals surface area contributed by atoms with Crippen LogP contribution in [0, 0.1) is 0 Å². The molecular formula is C23H34N6O2. The van der Waals surface area contributed by atoms with Gasteiger partial charge in [-0.2, -0.15) is 5.10 Å². The number of aliphatic hydroxyl groups excluding tert-OH is 1. The van der Waals surface area contributed by atoms with Crippen LogP contribution in [0.5, 0.6) is 0 Å². The van der Waals surface area contributed by atoms with Crippen molar-refractivity contribution in [2.24, 2.45) is 15.7 Å². The smallest absolute Gasteiger partial charge is 0.102 e. The molecule has 3 N–H and O–H groups in total. The van der Waals surface area contributed by atoms with Crippen molar-refractivity contribution >= 4 is 11.9 Å². The second-order valence-corrected chi connectivity index (χ2v) is 7.83. The molecule has 0 unspecified atom stereocenters. The molecule has 1 aromatic rings. The third-order valence-electron chi connectivity index (χ3n) is 5.66. The van der Waals surface area contributed by atoms with Crippen LogP contribution in [-0.4, -0.2) is 64.1 Å². The first-order valence-corrected chi connectivity index (χ1v) is 11.0. The Morgan fingerprint density at radius 3 is 2.74 bits per heavy atom. The lowest BCUT2D eigenvalue weighted by Gasteiger charge is -2.26. The molecule has 1 fully saturated rings. The van der Waals surface area contributed by atoms with E-state index in [4.69, 9.17) is 15.5 Å². The van der Waals surface area contributed by atoms with Gasteiger partial charge in [-0.05, 0) is 19.3 Å². The standard InChI is InChI=1S/C23H34N6O2/c1-5-8-21-23(17-11-26-29(12-17)18(6-2)7-3)27-19(13-28(21)4)16(9-24)10-25-20-14-31-15-22(20)30/h8-13,18,20,22,30H,5-7,14-15,24H2,1-4H3/b16-9?,21-8-,25-10?/t20-,22-/m1/s1. The van der Waals surface area contributed by atoms with E-state index in [0.717, 1.165) is 36.2 Å². The molecule has 0 aliphatic carbocycles. The first-order valence-electron chi connectivity index (χ1n) is 11.0. The summed E-state index contributed by atoms with van der Waals surface area (Å²) in [7, 11) is 2.00. The van der Waals surface area contributed by atoms with Crippen molar-refractivity contribution in [1.82, 2.24) is 14.7 Å². The van der Waals surface area contributed by atoms with E-state index in [1.165, 1.54) is 6.20 Å². The zero-order valence-electron chi connectivity index (χ0n) is 18.9. The number of ether oxygens (including phenoxy) is 1. The Bertz CT molecular complexity index is 907. The van der Waals surface area contributed by atoms with Gasteiger partial charge >= 0.3 is 0 Å². The molecular weight excluding hydrogens is 392 g/mol. The maximum Gasteiger partial charge on any atom is 0.102 e. The van der Waals surface area contributed by atoms with Crippen LogP contribution in [0.1, 0.15) is 51.6 Å². The van der Waals surface area contributed by atoms with E-state index < -0.39 is 6.10 Å². The van der Waals surface area contributed by atoms with Crippen molar-refractivity contribution in [2.45, 2.75) is 58.2 Å². The average molecular weight is 427 g/mol. The quantitative estimate of drug-likeness (QED) is 0.623. The summed E-state index contributed by atoms with van der Waals surface area (Å²) in [6, 6.07) is 0.0881. The summed E-state index contributed by atoms with van der Waals surface area (Å²) in [4.78, 5) is 11.5. The Morgan fingerprint density at radius 2 is 2.13 bits per heavy atom. The van der Waals surface area contributed by atoms with Crippen molar-refractivity contribution in [1.29, 1.82) is 0 Å². The summed E-state index contributed by atoms with van der Waals surface area (Å²) in [6.45, 7) is 7.17. The lowest BCUT2D eigenvalue weighted by molar-refractivity contribution is 0.125. The number of allylic oxidation sites excluding steroid dienone is 3. The van der Waals surface area contributed by atoms with Crippen LogP contribution in [-0.2, 0) is 4.74 Å². The van der Waals surface area contributed by atoms with Crippen LogP contribution >= 0.6 is 0 Å². The maximum atomic E-state index is 9.94. The maximum absolute atomic E-state index is 9.94.